The average Bonchev–Trinajstić information content (AvgIpc) is 3.28. The van der Waals surface area contributed by atoms with E-state index in [0.29, 0.717) is 9.83 Å². The predicted octanol–water partition coefficient (Wildman–Crippen LogP) is 5.61. The van der Waals surface area contributed by atoms with Gasteiger partial charge in [0.2, 0.25) is 5.13 Å². The number of hydrogen-bond acceptors (Lipinski definition) is 5. The third kappa shape index (κ3) is 2.93. The number of hydrazone groups is 1. The molecule has 6 heteroatoms. The summed E-state index contributed by atoms with van der Waals surface area (Å²) < 4.78 is 14.3. The number of benzene rings is 2. The average molecular weight is 353 g/mol. The summed E-state index contributed by atoms with van der Waals surface area (Å²) in [5.74, 6) is -0.197. The minimum absolute atomic E-state index is 0.197. The summed E-state index contributed by atoms with van der Waals surface area (Å²) >= 11 is 2.88. The molecule has 0 unspecified atom stereocenters. The van der Waals surface area contributed by atoms with Gasteiger partial charge in [0.25, 0.3) is 0 Å². The summed E-state index contributed by atoms with van der Waals surface area (Å²) in [6.07, 6.45) is 1.69. The van der Waals surface area contributed by atoms with E-state index in [2.05, 4.69) is 15.5 Å². The fourth-order valence-electron chi connectivity index (χ4n) is 2.39. The van der Waals surface area contributed by atoms with E-state index in [-0.39, 0.29) is 5.82 Å². The summed E-state index contributed by atoms with van der Waals surface area (Å²) in [4.78, 5) is 4.51. The Kier molecular flexibility index (Phi) is 4.06. The van der Waals surface area contributed by atoms with Crippen molar-refractivity contribution < 1.29 is 4.39 Å². The van der Waals surface area contributed by atoms with Crippen LogP contribution in [0.5, 0.6) is 0 Å². The predicted molar refractivity (Wildman–Crippen MR) is 101 cm³/mol. The minimum atomic E-state index is -0.197. The molecule has 3 nitrogen and oxygen atoms in total. The molecule has 0 saturated carbocycles. The molecule has 0 spiro atoms. The maximum absolute atomic E-state index is 13.7. The molecule has 2 heterocycles. The van der Waals surface area contributed by atoms with Gasteiger partial charge in [-0.3, -0.25) is 5.43 Å². The van der Waals surface area contributed by atoms with Crippen molar-refractivity contribution in [1.82, 2.24) is 4.98 Å². The first-order valence-corrected chi connectivity index (χ1v) is 9.03. The molecule has 4 rings (SSSR count). The number of thiazole rings is 1. The lowest BCUT2D eigenvalue weighted by atomic mass is 10.1. The molecule has 2 aromatic heterocycles. The number of nitrogens with one attached hydrogen (secondary N) is 1. The Morgan fingerprint density at radius 1 is 1.04 bits per heavy atom. The molecule has 118 valence electrons. The maximum atomic E-state index is 13.7. The molecule has 0 saturated heterocycles. The number of aromatic nitrogens is 1. The Labute approximate surface area is 146 Å². The molecule has 4 aromatic rings. The zero-order valence-electron chi connectivity index (χ0n) is 12.4. The lowest BCUT2D eigenvalue weighted by Gasteiger charge is -1.98. The van der Waals surface area contributed by atoms with Crippen LogP contribution in [0.3, 0.4) is 0 Å². The molecule has 2 aromatic carbocycles. The number of anilines is 1. The van der Waals surface area contributed by atoms with E-state index in [4.69, 9.17) is 0 Å². The number of hydrogen-bond donors (Lipinski definition) is 1. The van der Waals surface area contributed by atoms with Crippen LogP contribution < -0.4 is 5.43 Å². The molecule has 0 bridgehead atoms. The van der Waals surface area contributed by atoms with Gasteiger partial charge in [0.1, 0.15) is 5.82 Å². The third-order valence-corrected chi connectivity index (χ3v) is 5.21. The van der Waals surface area contributed by atoms with Gasteiger partial charge < -0.3 is 0 Å². The largest absolute Gasteiger partial charge is 0.253 e. The van der Waals surface area contributed by atoms with Gasteiger partial charge in [0.05, 0.1) is 16.6 Å². The number of halogens is 1. The van der Waals surface area contributed by atoms with Crippen molar-refractivity contribution in [3.63, 3.8) is 0 Å². The quantitative estimate of drug-likeness (QED) is 0.382. The van der Waals surface area contributed by atoms with Crippen molar-refractivity contribution in [2.24, 2.45) is 5.10 Å². The lowest BCUT2D eigenvalue weighted by molar-refractivity contribution is 0.641. The van der Waals surface area contributed by atoms with Gasteiger partial charge in [-0.1, -0.05) is 30.3 Å². The number of rotatable bonds is 4. The summed E-state index contributed by atoms with van der Waals surface area (Å²) in [6.45, 7) is 0. The highest BCUT2D eigenvalue weighted by atomic mass is 32.1. The Morgan fingerprint density at radius 3 is 2.79 bits per heavy atom. The molecule has 0 fully saturated rings. The molecule has 1 N–H and O–H groups in total. The van der Waals surface area contributed by atoms with E-state index in [1.54, 1.807) is 12.3 Å². The van der Waals surface area contributed by atoms with Crippen LogP contribution in [0.15, 0.2) is 64.4 Å². The Bertz CT molecular complexity index is 1010. The molecule has 24 heavy (non-hydrogen) atoms. The molecular weight excluding hydrogens is 341 g/mol. The number of thiophene rings is 1. The lowest BCUT2D eigenvalue weighted by Crippen LogP contribution is -1.91. The Hall–Kier alpha value is -2.57. The molecule has 0 amide bonds. The maximum Gasteiger partial charge on any atom is 0.203 e. The van der Waals surface area contributed by atoms with E-state index in [1.807, 2.05) is 47.2 Å². The van der Waals surface area contributed by atoms with Crippen LogP contribution in [0, 0.1) is 5.82 Å². The summed E-state index contributed by atoms with van der Waals surface area (Å²) in [7, 11) is 0. The highest BCUT2D eigenvalue weighted by molar-refractivity contribution is 7.17. The highest BCUT2D eigenvalue weighted by Crippen LogP contribution is 2.27. The van der Waals surface area contributed by atoms with Crippen LogP contribution in [-0.4, -0.2) is 11.2 Å². The van der Waals surface area contributed by atoms with Crippen LogP contribution in [0.4, 0.5) is 9.52 Å². The first-order valence-electron chi connectivity index (χ1n) is 7.27. The van der Waals surface area contributed by atoms with E-state index in [0.717, 1.165) is 22.2 Å². The molecule has 0 aliphatic carbocycles. The van der Waals surface area contributed by atoms with Crippen molar-refractivity contribution in [1.29, 1.82) is 0 Å². The van der Waals surface area contributed by atoms with Gasteiger partial charge in [0.15, 0.2) is 0 Å². The second-order valence-corrected chi connectivity index (χ2v) is 6.85. The van der Waals surface area contributed by atoms with Crippen molar-refractivity contribution in [2.45, 2.75) is 0 Å². The monoisotopic (exact) mass is 353 g/mol. The Morgan fingerprint density at radius 2 is 1.92 bits per heavy atom. The van der Waals surface area contributed by atoms with Crippen molar-refractivity contribution in [3.05, 3.63) is 70.7 Å². The first kappa shape index (κ1) is 15.0. The van der Waals surface area contributed by atoms with E-state index < -0.39 is 0 Å². The zero-order chi connectivity index (χ0) is 16.4. The normalized spacial score (nSPS) is 11.4. The van der Waals surface area contributed by atoms with E-state index in [9.17, 15) is 4.39 Å². The standard InChI is InChI=1S/C18H12FN3S2/c19-15-7-6-13(14-8-9-23-17(14)15)10-20-22-18-21-16(11-24-18)12-4-2-1-3-5-12/h1-11H,(H,21,22). The fraction of sp³-hybridized carbons (Fsp3) is 0. The van der Waals surface area contributed by atoms with Crippen LogP contribution in [0.25, 0.3) is 21.3 Å². The smallest absolute Gasteiger partial charge is 0.203 e. The van der Waals surface area contributed by atoms with Crippen molar-refractivity contribution >= 4 is 44.1 Å². The van der Waals surface area contributed by atoms with Crippen LogP contribution in [0.2, 0.25) is 0 Å². The molecule has 0 radical (unpaired) electrons. The molecule has 0 atom stereocenters. The van der Waals surface area contributed by atoms with Crippen LogP contribution >= 0.6 is 22.7 Å². The number of nitrogens with zero attached hydrogens (tertiary/aromatic N) is 2. The van der Waals surface area contributed by atoms with Gasteiger partial charge >= 0.3 is 0 Å². The summed E-state index contributed by atoms with van der Waals surface area (Å²) in [5.41, 5.74) is 5.81. The fourth-order valence-corrected chi connectivity index (χ4v) is 3.89. The van der Waals surface area contributed by atoms with E-state index in [1.165, 1.54) is 28.7 Å². The first-order chi connectivity index (χ1) is 11.8. The van der Waals surface area contributed by atoms with E-state index >= 15 is 0 Å². The van der Waals surface area contributed by atoms with Crippen molar-refractivity contribution in [3.8, 4) is 11.3 Å². The summed E-state index contributed by atoms with van der Waals surface area (Å²) in [6, 6.07) is 15.1. The molecule has 0 aliphatic rings. The van der Waals surface area contributed by atoms with Gasteiger partial charge in [0, 0.05) is 21.9 Å². The summed E-state index contributed by atoms with van der Waals surface area (Å²) in [5, 5.41) is 9.69. The van der Waals surface area contributed by atoms with Crippen LogP contribution in [0.1, 0.15) is 5.56 Å². The van der Waals surface area contributed by atoms with Gasteiger partial charge in [-0.2, -0.15) is 5.10 Å². The van der Waals surface area contributed by atoms with Crippen molar-refractivity contribution in [2.75, 3.05) is 5.43 Å². The zero-order valence-corrected chi connectivity index (χ0v) is 14.1. The van der Waals surface area contributed by atoms with Gasteiger partial charge in [-0.05, 0) is 23.6 Å². The van der Waals surface area contributed by atoms with Crippen LogP contribution in [-0.2, 0) is 0 Å². The highest BCUT2D eigenvalue weighted by Gasteiger charge is 2.06. The third-order valence-electron chi connectivity index (χ3n) is 3.54. The SMILES string of the molecule is Fc1ccc(C=NNc2nc(-c3ccccc3)cs2)c2ccsc12. The molecule has 0 aliphatic heterocycles. The second kappa shape index (κ2) is 6.51. The topological polar surface area (TPSA) is 37.3 Å². The Balaban J connectivity index is 1.52. The second-order valence-electron chi connectivity index (χ2n) is 5.07. The van der Waals surface area contributed by atoms with Gasteiger partial charge in [-0.15, -0.1) is 22.7 Å². The minimum Gasteiger partial charge on any atom is -0.253 e. The van der Waals surface area contributed by atoms with Gasteiger partial charge in [-0.25, -0.2) is 9.37 Å². The molecular formula is C18H12FN3S2. The number of fused-ring (bicyclic) bond motifs is 1.